The first-order valence-electron chi connectivity index (χ1n) is 11.9. The number of anilines is 1. The van der Waals surface area contributed by atoms with Crippen LogP contribution in [0.5, 0.6) is 0 Å². The number of amides is 1. The molecule has 0 radical (unpaired) electrons. The molecule has 2 unspecified atom stereocenters. The number of aryl methyl sites for hydroxylation is 1. The Bertz CT molecular complexity index is 1290. The van der Waals surface area contributed by atoms with Crippen molar-refractivity contribution in [2.45, 2.75) is 43.4 Å². The fourth-order valence-corrected chi connectivity index (χ4v) is 5.74. The van der Waals surface area contributed by atoms with Gasteiger partial charge in [-0.15, -0.1) is 0 Å². The van der Waals surface area contributed by atoms with E-state index < -0.39 is 34.9 Å². The monoisotopic (exact) mass is 554 g/mol. The summed E-state index contributed by atoms with van der Waals surface area (Å²) in [4.78, 5) is 21.5. The number of aliphatic hydroxyl groups is 1. The molecule has 13 heteroatoms. The number of halogens is 5. The second kappa shape index (κ2) is 10.5. The Balaban J connectivity index is 1.42. The van der Waals surface area contributed by atoms with E-state index in [4.69, 9.17) is 22.7 Å². The van der Waals surface area contributed by atoms with Crippen LogP contribution in [0, 0.1) is 23.1 Å². The first kappa shape index (κ1) is 27.8. The van der Waals surface area contributed by atoms with Crippen LogP contribution < -0.4 is 11.1 Å². The minimum absolute atomic E-state index is 0.0215. The molecular weight excluding hydrogens is 528 g/mol. The average Bonchev–Trinajstić information content (AvgIpc) is 3.48. The molecule has 2 aromatic rings. The molecule has 38 heavy (non-hydrogen) atoms. The van der Waals surface area contributed by atoms with E-state index in [-0.39, 0.29) is 35.5 Å². The molecule has 0 saturated heterocycles. The van der Waals surface area contributed by atoms with E-state index in [1.165, 1.54) is 18.2 Å². The molecule has 1 aromatic carbocycles. The minimum Gasteiger partial charge on any atom is -0.388 e. The van der Waals surface area contributed by atoms with Crippen molar-refractivity contribution in [2.75, 3.05) is 11.9 Å². The number of hydrogen-bond acceptors (Lipinski definition) is 5. The topological polar surface area (TPSA) is 129 Å². The van der Waals surface area contributed by atoms with Gasteiger partial charge in [-0.1, -0.05) is 11.6 Å². The van der Waals surface area contributed by atoms with E-state index in [0.717, 1.165) is 0 Å². The highest BCUT2D eigenvalue weighted by molar-refractivity contribution is 6.31. The average molecular weight is 555 g/mol. The van der Waals surface area contributed by atoms with E-state index in [2.05, 4.69) is 15.3 Å². The number of benzene rings is 1. The lowest BCUT2D eigenvalue weighted by Gasteiger charge is -2.23. The van der Waals surface area contributed by atoms with Crippen LogP contribution >= 0.6 is 11.6 Å². The van der Waals surface area contributed by atoms with Gasteiger partial charge >= 0.3 is 6.18 Å². The predicted molar refractivity (Wildman–Crippen MR) is 135 cm³/mol. The van der Waals surface area contributed by atoms with E-state index in [1.54, 1.807) is 17.9 Å². The number of hydrogen-bond donors (Lipinski definition) is 4. The number of carbonyl (C=O) groups excluding carboxylic acids is 1. The number of fused-ring (bicyclic) bond motifs is 1. The SMILES string of the molecule is Cn1cnc(C2CC3CC(O)(CN=C(N)/C=C(\C=N)C(F)(F)F)CC3C2)c1C(=O)Nc1ccc(F)c(Cl)c1. The molecule has 1 amide bonds. The number of aliphatic imine (C=N–C) groups is 1. The Morgan fingerprint density at radius 3 is 2.61 bits per heavy atom. The first-order chi connectivity index (χ1) is 17.8. The lowest BCUT2D eigenvalue weighted by atomic mass is 9.92. The molecule has 0 aliphatic heterocycles. The van der Waals surface area contributed by atoms with Crippen LogP contribution in [0.25, 0.3) is 0 Å². The number of amidine groups is 1. The second-order valence-corrected chi connectivity index (χ2v) is 10.4. The van der Waals surface area contributed by atoms with Crippen LogP contribution in [-0.2, 0) is 7.05 Å². The van der Waals surface area contributed by atoms with Crippen molar-refractivity contribution in [1.29, 1.82) is 5.41 Å². The first-order valence-corrected chi connectivity index (χ1v) is 12.3. The standard InChI is InChI=1S/C25H27ClF4N6O2/c1-36-12-34-21(22(36)23(37)35-17-2-3-19(27)18(26)7-17)13-4-14-8-24(38,9-15(14)5-13)11-33-20(32)6-16(10-31)25(28,29)30/h2-3,6-7,10,12-15,31,38H,4-5,8-9,11H2,1H3,(H2,32,33)(H,35,37)/b16-6+,31-10?. The number of aromatic nitrogens is 2. The normalized spacial score (nSPS) is 25.9. The summed E-state index contributed by atoms with van der Waals surface area (Å²) in [6, 6.07) is 3.90. The molecule has 8 nitrogen and oxygen atoms in total. The molecule has 1 heterocycles. The summed E-state index contributed by atoms with van der Waals surface area (Å²) >= 11 is 5.82. The number of nitrogens with one attached hydrogen (secondary N) is 2. The summed E-state index contributed by atoms with van der Waals surface area (Å²) in [5, 5.41) is 20.6. The lowest BCUT2D eigenvalue weighted by Crippen LogP contribution is -2.31. The maximum atomic E-state index is 13.5. The molecule has 2 fully saturated rings. The zero-order valence-electron chi connectivity index (χ0n) is 20.4. The summed E-state index contributed by atoms with van der Waals surface area (Å²) in [6.07, 6.45) is -0.267. The van der Waals surface area contributed by atoms with Crippen molar-refractivity contribution in [3.63, 3.8) is 0 Å². The number of carbonyl (C=O) groups is 1. The van der Waals surface area contributed by atoms with Crippen molar-refractivity contribution in [2.24, 2.45) is 29.6 Å². The maximum Gasteiger partial charge on any atom is 0.417 e. The van der Waals surface area contributed by atoms with Gasteiger partial charge in [-0.2, -0.15) is 13.2 Å². The number of nitrogens with zero attached hydrogens (tertiary/aromatic N) is 3. The second-order valence-electron chi connectivity index (χ2n) is 9.98. The largest absolute Gasteiger partial charge is 0.417 e. The van der Waals surface area contributed by atoms with Crippen LogP contribution in [0.1, 0.15) is 47.8 Å². The highest BCUT2D eigenvalue weighted by Gasteiger charge is 2.49. The fraction of sp³-hybridized carbons (Fsp3) is 0.440. The summed E-state index contributed by atoms with van der Waals surface area (Å²) in [5.41, 5.74) is 4.53. The van der Waals surface area contributed by atoms with Crippen LogP contribution in [0.15, 0.2) is 41.2 Å². The number of rotatable bonds is 7. The summed E-state index contributed by atoms with van der Waals surface area (Å²) in [7, 11) is 1.71. The Hall–Kier alpha value is -3.25. The Morgan fingerprint density at radius 1 is 1.37 bits per heavy atom. The van der Waals surface area contributed by atoms with Crippen LogP contribution in [-0.4, -0.2) is 50.9 Å². The van der Waals surface area contributed by atoms with Gasteiger partial charge in [0.1, 0.15) is 17.3 Å². The quantitative estimate of drug-likeness (QED) is 0.226. The van der Waals surface area contributed by atoms with E-state index in [1.807, 2.05) is 0 Å². The van der Waals surface area contributed by atoms with E-state index in [0.29, 0.717) is 48.8 Å². The Kier molecular flexibility index (Phi) is 7.67. The third-order valence-corrected chi connectivity index (χ3v) is 7.50. The van der Waals surface area contributed by atoms with Gasteiger partial charge in [-0.05, 0) is 61.8 Å². The molecule has 204 valence electrons. The molecule has 5 N–H and O–H groups in total. The Morgan fingerprint density at radius 2 is 2.03 bits per heavy atom. The van der Waals surface area contributed by atoms with Gasteiger partial charge < -0.3 is 26.1 Å². The molecule has 2 aliphatic carbocycles. The number of alkyl halides is 3. The van der Waals surface area contributed by atoms with Gasteiger partial charge in [0.05, 0.1) is 34.8 Å². The molecule has 0 spiro atoms. The summed E-state index contributed by atoms with van der Waals surface area (Å²) in [6.45, 7) is -0.145. The van der Waals surface area contributed by atoms with E-state index in [9.17, 15) is 27.5 Å². The molecule has 2 saturated carbocycles. The van der Waals surface area contributed by atoms with Gasteiger partial charge in [0.2, 0.25) is 0 Å². The summed E-state index contributed by atoms with van der Waals surface area (Å²) in [5.74, 6) is -1.18. The minimum atomic E-state index is -4.72. The van der Waals surface area contributed by atoms with Gasteiger partial charge in [0, 0.05) is 24.9 Å². The third kappa shape index (κ3) is 5.91. The zero-order valence-corrected chi connectivity index (χ0v) is 21.2. The van der Waals surface area contributed by atoms with Crippen molar-refractivity contribution in [1.82, 2.24) is 9.55 Å². The molecule has 2 aliphatic rings. The number of nitrogens with two attached hydrogens (primary N) is 1. The Labute approximate surface area is 221 Å². The summed E-state index contributed by atoms with van der Waals surface area (Å²) < 4.78 is 53.5. The van der Waals surface area contributed by atoms with Crippen LogP contribution in [0.4, 0.5) is 23.2 Å². The predicted octanol–water partition coefficient (Wildman–Crippen LogP) is 4.60. The number of imidazole rings is 1. The number of allylic oxidation sites excluding steroid dienone is 1. The molecule has 1 aromatic heterocycles. The highest BCUT2D eigenvalue weighted by atomic mass is 35.5. The van der Waals surface area contributed by atoms with Crippen LogP contribution in [0.3, 0.4) is 0 Å². The van der Waals surface area contributed by atoms with Crippen molar-refractivity contribution in [3.8, 4) is 0 Å². The lowest BCUT2D eigenvalue weighted by molar-refractivity contribution is -0.0855. The van der Waals surface area contributed by atoms with Gasteiger partial charge in [-0.3, -0.25) is 9.79 Å². The van der Waals surface area contributed by atoms with Crippen molar-refractivity contribution < 1.29 is 27.5 Å². The third-order valence-electron chi connectivity index (χ3n) is 7.21. The van der Waals surface area contributed by atoms with E-state index >= 15 is 0 Å². The molecule has 2 atom stereocenters. The molecule has 0 bridgehead atoms. The smallest absolute Gasteiger partial charge is 0.388 e. The zero-order chi connectivity index (χ0) is 27.8. The van der Waals surface area contributed by atoms with Crippen molar-refractivity contribution >= 4 is 35.2 Å². The van der Waals surface area contributed by atoms with Crippen LogP contribution in [0.2, 0.25) is 5.02 Å². The molecule has 4 rings (SSSR count). The molecular formula is C25H27ClF4N6O2. The van der Waals surface area contributed by atoms with Gasteiger partial charge in [0.15, 0.2) is 0 Å². The van der Waals surface area contributed by atoms with Gasteiger partial charge in [-0.25, -0.2) is 9.37 Å². The maximum absolute atomic E-state index is 13.5. The highest BCUT2D eigenvalue weighted by Crippen LogP contribution is 2.54. The van der Waals surface area contributed by atoms with Crippen molar-refractivity contribution in [3.05, 3.63) is 58.4 Å². The van der Waals surface area contributed by atoms with Gasteiger partial charge in [0.25, 0.3) is 5.91 Å². The fourth-order valence-electron chi connectivity index (χ4n) is 5.56.